The fourth-order valence-electron chi connectivity index (χ4n) is 3.48. The van der Waals surface area contributed by atoms with E-state index in [2.05, 4.69) is 10.2 Å². The molecule has 5 aromatic rings. The Morgan fingerprint density at radius 3 is 2.76 bits per heavy atom. The number of para-hydroxylation sites is 1. The van der Waals surface area contributed by atoms with Gasteiger partial charge in [0.2, 0.25) is 5.95 Å². The maximum absolute atomic E-state index is 5.53. The van der Waals surface area contributed by atoms with Crippen molar-refractivity contribution in [1.82, 2.24) is 19.6 Å². The second kappa shape index (κ2) is 6.94. The second-order valence-corrected chi connectivity index (χ2v) is 6.78. The van der Waals surface area contributed by atoms with Crippen LogP contribution in [0.2, 0.25) is 0 Å². The number of ether oxygens (including phenoxy) is 1. The zero-order chi connectivity index (χ0) is 19.8. The van der Waals surface area contributed by atoms with E-state index in [9.17, 15) is 0 Å². The van der Waals surface area contributed by atoms with Crippen molar-refractivity contribution >= 4 is 22.5 Å². The summed E-state index contributed by atoms with van der Waals surface area (Å²) in [6.07, 6.45) is 1.67. The van der Waals surface area contributed by atoms with Crippen LogP contribution in [0.5, 0.6) is 5.75 Å². The molecule has 7 heteroatoms. The molecule has 3 heterocycles. The van der Waals surface area contributed by atoms with Crippen LogP contribution in [0.1, 0.15) is 5.76 Å². The fraction of sp³-hybridized carbons (Fsp3) is 0.136. The summed E-state index contributed by atoms with van der Waals surface area (Å²) in [5.74, 6) is 3.06. The lowest BCUT2D eigenvalue weighted by Crippen LogP contribution is -2.21. The number of benzene rings is 2. The fourth-order valence-corrected chi connectivity index (χ4v) is 3.48. The zero-order valence-corrected chi connectivity index (χ0v) is 16.1. The molecule has 0 aliphatic heterocycles. The van der Waals surface area contributed by atoms with Crippen LogP contribution < -0.4 is 9.64 Å². The molecule has 0 aliphatic rings. The molecule has 0 bridgehead atoms. The van der Waals surface area contributed by atoms with Crippen LogP contribution >= 0.6 is 0 Å². The van der Waals surface area contributed by atoms with E-state index in [1.807, 2.05) is 77.0 Å². The Bertz CT molecular complexity index is 1290. The van der Waals surface area contributed by atoms with Gasteiger partial charge in [-0.2, -0.15) is 0 Å². The number of anilines is 1. The monoisotopic (exact) mass is 385 g/mol. The van der Waals surface area contributed by atoms with Gasteiger partial charge in [-0.1, -0.05) is 24.3 Å². The molecule has 0 radical (unpaired) electrons. The van der Waals surface area contributed by atoms with Gasteiger partial charge in [0.05, 0.1) is 25.4 Å². The molecule has 0 unspecified atom stereocenters. The number of furan rings is 1. The topological polar surface area (TPSA) is 68.7 Å². The summed E-state index contributed by atoms with van der Waals surface area (Å²) in [4.78, 5) is 6.95. The first-order valence-corrected chi connectivity index (χ1v) is 9.26. The first kappa shape index (κ1) is 17.2. The average Bonchev–Trinajstić information content (AvgIpc) is 3.43. The number of nitrogens with zero attached hydrogens (tertiary/aromatic N) is 5. The van der Waals surface area contributed by atoms with Gasteiger partial charge in [-0.15, -0.1) is 10.2 Å². The van der Waals surface area contributed by atoms with Crippen molar-refractivity contribution in [1.29, 1.82) is 0 Å². The van der Waals surface area contributed by atoms with E-state index >= 15 is 0 Å². The van der Waals surface area contributed by atoms with E-state index in [1.165, 1.54) is 0 Å². The smallest absolute Gasteiger partial charge is 0.213 e. The van der Waals surface area contributed by atoms with Gasteiger partial charge in [-0.25, -0.2) is 9.38 Å². The second-order valence-electron chi connectivity index (χ2n) is 6.78. The molecule has 0 saturated carbocycles. The predicted molar refractivity (Wildman–Crippen MR) is 111 cm³/mol. The van der Waals surface area contributed by atoms with Crippen molar-refractivity contribution in [3.05, 3.63) is 72.7 Å². The van der Waals surface area contributed by atoms with E-state index in [0.29, 0.717) is 12.4 Å². The van der Waals surface area contributed by atoms with E-state index in [-0.39, 0.29) is 0 Å². The van der Waals surface area contributed by atoms with Gasteiger partial charge in [0, 0.05) is 18.0 Å². The number of hydrogen-bond acceptors (Lipinski definition) is 6. The molecule has 2 aromatic carbocycles. The molecular weight excluding hydrogens is 366 g/mol. The summed E-state index contributed by atoms with van der Waals surface area (Å²) in [5, 5.41) is 9.95. The summed E-state index contributed by atoms with van der Waals surface area (Å²) in [6, 6.07) is 19.6. The summed E-state index contributed by atoms with van der Waals surface area (Å²) in [5.41, 5.74) is 2.53. The van der Waals surface area contributed by atoms with Crippen LogP contribution in [0.3, 0.4) is 0 Å². The average molecular weight is 385 g/mol. The summed E-state index contributed by atoms with van der Waals surface area (Å²) >= 11 is 0. The van der Waals surface area contributed by atoms with E-state index < -0.39 is 0 Å². The lowest BCUT2D eigenvalue weighted by atomic mass is 10.2. The Balaban J connectivity index is 1.75. The molecule has 0 N–H and O–H groups in total. The summed E-state index contributed by atoms with van der Waals surface area (Å²) < 4.78 is 12.9. The molecule has 0 saturated heterocycles. The molecule has 0 spiro atoms. The van der Waals surface area contributed by atoms with Crippen molar-refractivity contribution in [2.24, 2.45) is 0 Å². The molecule has 0 amide bonds. The van der Waals surface area contributed by atoms with Gasteiger partial charge >= 0.3 is 0 Å². The number of fused-ring (bicyclic) bond motifs is 3. The van der Waals surface area contributed by atoms with E-state index in [4.69, 9.17) is 14.1 Å². The summed E-state index contributed by atoms with van der Waals surface area (Å²) in [6.45, 7) is 0.573. The largest absolute Gasteiger partial charge is 0.497 e. The van der Waals surface area contributed by atoms with Crippen LogP contribution in [0.15, 0.2) is 71.3 Å². The molecule has 3 aromatic heterocycles. The molecular formula is C22H19N5O2. The normalized spacial score (nSPS) is 11.2. The highest BCUT2D eigenvalue weighted by atomic mass is 16.5. The van der Waals surface area contributed by atoms with Crippen molar-refractivity contribution in [3.63, 3.8) is 0 Å². The minimum absolute atomic E-state index is 0.573. The van der Waals surface area contributed by atoms with Crippen molar-refractivity contribution in [3.8, 4) is 17.1 Å². The molecule has 7 nitrogen and oxygen atoms in total. The highest BCUT2D eigenvalue weighted by molar-refractivity contribution is 5.93. The molecule has 0 atom stereocenters. The number of methoxy groups -OCH3 is 1. The number of aromatic nitrogens is 4. The van der Waals surface area contributed by atoms with Crippen molar-refractivity contribution in [2.45, 2.75) is 6.54 Å². The van der Waals surface area contributed by atoms with Crippen molar-refractivity contribution in [2.75, 3.05) is 19.1 Å². The Morgan fingerprint density at radius 1 is 1.03 bits per heavy atom. The highest BCUT2D eigenvalue weighted by Crippen LogP contribution is 2.30. The number of hydrogen-bond donors (Lipinski definition) is 0. The van der Waals surface area contributed by atoms with Crippen LogP contribution in [0, 0.1) is 0 Å². The quantitative estimate of drug-likeness (QED) is 0.452. The van der Waals surface area contributed by atoms with Crippen LogP contribution in [-0.2, 0) is 6.54 Å². The third-order valence-corrected chi connectivity index (χ3v) is 4.87. The lowest BCUT2D eigenvalue weighted by Gasteiger charge is -2.19. The molecule has 0 fully saturated rings. The minimum atomic E-state index is 0.573. The maximum Gasteiger partial charge on any atom is 0.213 e. The van der Waals surface area contributed by atoms with Crippen LogP contribution in [0.4, 0.5) is 5.95 Å². The molecule has 29 heavy (non-hydrogen) atoms. The molecule has 5 rings (SSSR count). The van der Waals surface area contributed by atoms with E-state index in [1.54, 1.807) is 13.4 Å². The van der Waals surface area contributed by atoms with Crippen LogP contribution in [0.25, 0.3) is 27.9 Å². The zero-order valence-electron chi connectivity index (χ0n) is 16.1. The van der Waals surface area contributed by atoms with Gasteiger partial charge in [-0.05, 0) is 36.4 Å². The van der Waals surface area contributed by atoms with Gasteiger partial charge < -0.3 is 14.1 Å². The molecule has 144 valence electrons. The minimum Gasteiger partial charge on any atom is -0.497 e. The van der Waals surface area contributed by atoms with Gasteiger partial charge in [-0.3, -0.25) is 0 Å². The van der Waals surface area contributed by atoms with Gasteiger partial charge in [0.15, 0.2) is 11.5 Å². The SMILES string of the molecule is COc1cccc(-c2nnc3c4ccccc4nc(N(C)Cc4ccco4)n23)c1. The van der Waals surface area contributed by atoms with Crippen LogP contribution in [-0.4, -0.2) is 33.7 Å². The van der Waals surface area contributed by atoms with Gasteiger partial charge in [0.25, 0.3) is 0 Å². The summed E-state index contributed by atoms with van der Waals surface area (Å²) in [7, 11) is 3.63. The third kappa shape index (κ3) is 2.97. The Labute approximate surface area is 167 Å². The van der Waals surface area contributed by atoms with Gasteiger partial charge in [0.1, 0.15) is 11.5 Å². The van der Waals surface area contributed by atoms with E-state index in [0.717, 1.165) is 39.6 Å². The maximum atomic E-state index is 5.53. The number of rotatable bonds is 5. The predicted octanol–water partition coefficient (Wildman–Crippen LogP) is 4.18. The Morgan fingerprint density at radius 2 is 1.93 bits per heavy atom. The third-order valence-electron chi connectivity index (χ3n) is 4.87. The Kier molecular flexibility index (Phi) is 4.13. The standard InChI is InChI=1S/C22H19N5O2/c1-26(14-17-9-6-12-29-17)22-23-19-11-4-3-10-18(19)21-25-24-20(27(21)22)15-7-5-8-16(13-15)28-2/h3-13H,14H2,1-2H3. The first-order chi connectivity index (χ1) is 14.2. The molecule has 0 aliphatic carbocycles. The lowest BCUT2D eigenvalue weighted by molar-refractivity contribution is 0.415. The Hall–Kier alpha value is -3.87. The highest BCUT2D eigenvalue weighted by Gasteiger charge is 2.19. The first-order valence-electron chi connectivity index (χ1n) is 9.26. The van der Waals surface area contributed by atoms with Crippen molar-refractivity contribution < 1.29 is 9.15 Å².